The second-order valence-electron chi connectivity index (χ2n) is 4.55. The molecular formula is C14H17N5O2. The number of carbonyl (C=O) groups excluding carboxylic acids is 2. The number of anilines is 2. The van der Waals surface area contributed by atoms with Gasteiger partial charge in [-0.1, -0.05) is 12.1 Å². The molecule has 1 heterocycles. The molecule has 0 radical (unpaired) electrons. The summed E-state index contributed by atoms with van der Waals surface area (Å²) in [5.74, 6) is -0.688. The number of benzene rings is 1. The Morgan fingerprint density at radius 3 is 2.48 bits per heavy atom. The second kappa shape index (κ2) is 5.66. The number of hydrogen-bond donors (Lipinski definition) is 3. The van der Waals surface area contributed by atoms with E-state index in [1.165, 1.54) is 11.7 Å². The van der Waals surface area contributed by atoms with Gasteiger partial charge in [0.25, 0.3) is 11.8 Å². The molecular weight excluding hydrogens is 270 g/mol. The van der Waals surface area contributed by atoms with Crippen LogP contribution >= 0.6 is 0 Å². The van der Waals surface area contributed by atoms with Crippen LogP contribution in [0.4, 0.5) is 11.4 Å². The molecule has 7 heteroatoms. The standard InChI is InChI=1S/C14H17N5O2/c1-8-11(15)12(19(3)18-8)14(21)17-10-7-5-4-6-9(10)13(20)16-2/h4-7H,15H2,1-3H3,(H,16,20)(H,17,21). The summed E-state index contributed by atoms with van der Waals surface area (Å²) in [5, 5.41) is 9.32. The van der Waals surface area contributed by atoms with Gasteiger partial charge in [0.05, 0.1) is 22.6 Å². The molecule has 0 saturated heterocycles. The van der Waals surface area contributed by atoms with Crippen LogP contribution < -0.4 is 16.4 Å². The molecule has 0 bridgehead atoms. The third kappa shape index (κ3) is 2.71. The van der Waals surface area contributed by atoms with E-state index in [0.717, 1.165) is 0 Å². The van der Waals surface area contributed by atoms with Gasteiger partial charge < -0.3 is 16.4 Å². The summed E-state index contributed by atoms with van der Waals surface area (Å²) < 4.78 is 1.42. The number of carbonyl (C=O) groups is 2. The fourth-order valence-electron chi connectivity index (χ4n) is 2.05. The van der Waals surface area contributed by atoms with Crippen LogP contribution in [-0.2, 0) is 7.05 Å². The maximum absolute atomic E-state index is 12.3. The molecule has 21 heavy (non-hydrogen) atoms. The van der Waals surface area contributed by atoms with Gasteiger partial charge in [-0.3, -0.25) is 14.3 Å². The van der Waals surface area contributed by atoms with Crippen LogP contribution in [0.1, 0.15) is 26.5 Å². The Bertz CT molecular complexity index is 705. The van der Waals surface area contributed by atoms with Crippen molar-refractivity contribution in [1.82, 2.24) is 15.1 Å². The Balaban J connectivity index is 2.34. The van der Waals surface area contributed by atoms with Gasteiger partial charge in [0, 0.05) is 14.1 Å². The third-order valence-electron chi connectivity index (χ3n) is 3.13. The SMILES string of the molecule is CNC(=O)c1ccccc1NC(=O)c1c(N)c(C)nn1C. The van der Waals surface area contributed by atoms with Gasteiger partial charge in [-0.25, -0.2) is 0 Å². The summed E-state index contributed by atoms with van der Waals surface area (Å²) in [6.07, 6.45) is 0. The topological polar surface area (TPSA) is 102 Å². The number of aromatic nitrogens is 2. The van der Waals surface area contributed by atoms with Gasteiger partial charge in [-0.15, -0.1) is 0 Å². The molecule has 0 aliphatic carbocycles. The lowest BCUT2D eigenvalue weighted by atomic mass is 10.1. The zero-order chi connectivity index (χ0) is 15.6. The van der Waals surface area contributed by atoms with E-state index in [1.807, 2.05) is 0 Å². The average molecular weight is 287 g/mol. The summed E-state index contributed by atoms with van der Waals surface area (Å²) in [6.45, 7) is 1.73. The lowest BCUT2D eigenvalue weighted by molar-refractivity contribution is 0.0964. The maximum Gasteiger partial charge on any atom is 0.276 e. The largest absolute Gasteiger partial charge is 0.395 e. The number of rotatable bonds is 3. The van der Waals surface area contributed by atoms with Crippen molar-refractivity contribution in [1.29, 1.82) is 0 Å². The molecule has 7 nitrogen and oxygen atoms in total. The first kappa shape index (κ1) is 14.6. The van der Waals surface area contributed by atoms with Crippen LogP contribution in [0.15, 0.2) is 24.3 Å². The highest BCUT2D eigenvalue weighted by Gasteiger charge is 2.19. The Morgan fingerprint density at radius 1 is 1.24 bits per heavy atom. The normalized spacial score (nSPS) is 10.2. The number of nitrogens with zero attached hydrogens (tertiary/aromatic N) is 2. The quantitative estimate of drug-likeness (QED) is 0.781. The predicted octanol–water partition coefficient (Wildman–Crippen LogP) is 0.923. The first-order chi connectivity index (χ1) is 9.95. The van der Waals surface area contributed by atoms with E-state index < -0.39 is 5.91 Å². The van der Waals surface area contributed by atoms with E-state index in [2.05, 4.69) is 15.7 Å². The van der Waals surface area contributed by atoms with E-state index in [0.29, 0.717) is 22.6 Å². The highest BCUT2D eigenvalue weighted by Crippen LogP contribution is 2.19. The van der Waals surface area contributed by atoms with Crippen LogP contribution in [0.2, 0.25) is 0 Å². The number of nitrogens with one attached hydrogen (secondary N) is 2. The number of nitrogens with two attached hydrogens (primary N) is 1. The minimum Gasteiger partial charge on any atom is -0.395 e. The summed E-state index contributed by atoms with van der Waals surface area (Å²) in [5.41, 5.74) is 7.83. The molecule has 0 atom stereocenters. The number of amides is 2. The fraction of sp³-hybridized carbons (Fsp3) is 0.214. The van der Waals surface area contributed by atoms with Crippen molar-refractivity contribution < 1.29 is 9.59 Å². The molecule has 1 aromatic carbocycles. The zero-order valence-electron chi connectivity index (χ0n) is 12.1. The van der Waals surface area contributed by atoms with E-state index in [4.69, 9.17) is 5.73 Å². The van der Waals surface area contributed by atoms with Crippen molar-refractivity contribution in [3.05, 3.63) is 41.2 Å². The van der Waals surface area contributed by atoms with Gasteiger partial charge >= 0.3 is 0 Å². The summed E-state index contributed by atoms with van der Waals surface area (Å²) >= 11 is 0. The van der Waals surface area contributed by atoms with Crippen molar-refractivity contribution in [2.24, 2.45) is 7.05 Å². The van der Waals surface area contributed by atoms with Crippen molar-refractivity contribution in [2.45, 2.75) is 6.92 Å². The van der Waals surface area contributed by atoms with Crippen molar-refractivity contribution in [2.75, 3.05) is 18.1 Å². The van der Waals surface area contributed by atoms with Gasteiger partial charge in [-0.05, 0) is 19.1 Å². The van der Waals surface area contributed by atoms with E-state index >= 15 is 0 Å². The molecule has 2 rings (SSSR count). The van der Waals surface area contributed by atoms with Gasteiger partial charge in [0.15, 0.2) is 0 Å². The lowest BCUT2D eigenvalue weighted by Crippen LogP contribution is -2.23. The molecule has 0 aliphatic rings. The summed E-state index contributed by atoms with van der Waals surface area (Å²) in [7, 11) is 3.17. The Hall–Kier alpha value is -2.83. The van der Waals surface area contributed by atoms with Crippen LogP contribution in [0.3, 0.4) is 0 Å². The van der Waals surface area contributed by atoms with E-state index in [1.54, 1.807) is 38.2 Å². The second-order valence-corrected chi connectivity index (χ2v) is 4.55. The molecule has 1 aromatic heterocycles. The fourth-order valence-corrected chi connectivity index (χ4v) is 2.05. The predicted molar refractivity (Wildman–Crippen MR) is 80.1 cm³/mol. The monoisotopic (exact) mass is 287 g/mol. The van der Waals surface area contributed by atoms with Crippen molar-refractivity contribution >= 4 is 23.2 Å². The smallest absolute Gasteiger partial charge is 0.276 e. The average Bonchev–Trinajstić information content (AvgIpc) is 2.71. The van der Waals surface area contributed by atoms with Gasteiger partial charge in [0.2, 0.25) is 0 Å². The highest BCUT2D eigenvalue weighted by atomic mass is 16.2. The van der Waals surface area contributed by atoms with Crippen LogP contribution in [0, 0.1) is 6.92 Å². The highest BCUT2D eigenvalue weighted by molar-refractivity contribution is 6.10. The van der Waals surface area contributed by atoms with Gasteiger partial charge in [0.1, 0.15) is 5.69 Å². The van der Waals surface area contributed by atoms with Crippen LogP contribution in [-0.4, -0.2) is 28.6 Å². The number of para-hydroxylation sites is 1. The van der Waals surface area contributed by atoms with Crippen molar-refractivity contribution in [3.8, 4) is 0 Å². The minimum absolute atomic E-state index is 0.263. The van der Waals surface area contributed by atoms with Crippen LogP contribution in [0.25, 0.3) is 0 Å². The first-order valence-electron chi connectivity index (χ1n) is 6.37. The molecule has 0 saturated carbocycles. The zero-order valence-corrected chi connectivity index (χ0v) is 12.1. The molecule has 2 aromatic rings. The third-order valence-corrected chi connectivity index (χ3v) is 3.13. The Morgan fingerprint density at radius 2 is 1.90 bits per heavy atom. The molecule has 0 unspecified atom stereocenters. The number of hydrogen-bond acceptors (Lipinski definition) is 4. The van der Waals surface area contributed by atoms with E-state index in [-0.39, 0.29) is 11.6 Å². The van der Waals surface area contributed by atoms with Crippen molar-refractivity contribution in [3.63, 3.8) is 0 Å². The van der Waals surface area contributed by atoms with Crippen LogP contribution in [0.5, 0.6) is 0 Å². The lowest BCUT2D eigenvalue weighted by Gasteiger charge is -2.10. The Kier molecular flexibility index (Phi) is 3.93. The molecule has 0 spiro atoms. The maximum atomic E-state index is 12.3. The molecule has 2 amide bonds. The molecule has 0 fully saturated rings. The molecule has 110 valence electrons. The first-order valence-corrected chi connectivity index (χ1v) is 6.37. The number of nitrogen functional groups attached to an aromatic ring is 1. The molecule has 0 aliphatic heterocycles. The summed E-state index contributed by atoms with van der Waals surface area (Å²) in [6, 6.07) is 6.75. The number of aryl methyl sites for hydroxylation is 2. The Labute approximate surface area is 122 Å². The van der Waals surface area contributed by atoms with Gasteiger partial charge in [-0.2, -0.15) is 5.10 Å². The minimum atomic E-state index is -0.410. The summed E-state index contributed by atoms with van der Waals surface area (Å²) in [4.78, 5) is 24.1. The van der Waals surface area contributed by atoms with E-state index in [9.17, 15) is 9.59 Å². The molecule has 4 N–H and O–H groups in total.